The molecule has 0 rings (SSSR count). The van der Waals surface area contributed by atoms with Gasteiger partial charge in [-0.1, -0.05) is 41.5 Å². The van der Waals surface area contributed by atoms with Crippen LogP contribution in [0.1, 0.15) is 60.8 Å². The molecule has 5 nitrogen and oxygen atoms in total. The fraction of sp³-hybridized carbons (Fsp3) is 0.957. The lowest BCUT2D eigenvalue weighted by Crippen LogP contribution is -2.36. The van der Waals surface area contributed by atoms with Crippen molar-refractivity contribution in [3.05, 3.63) is 0 Å². The number of carbonyl (C=O) groups excluding carboxylic acids is 1. The van der Waals surface area contributed by atoms with Gasteiger partial charge in [-0.15, -0.1) is 0 Å². The molecule has 0 aromatic heterocycles. The van der Waals surface area contributed by atoms with Crippen LogP contribution in [0.3, 0.4) is 0 Å². The Labute approximate surface area is 175 Å². The van der Waals surface area contributed by atoms with Gasteiger partial charge in [-0.2, -0.15) is 0 Å². The van der Waals surface area contributed by atoms with Gasteiger partial charge in [0.2, 0.25) is 0 Å². The first-order valence-electron chi connectivity index (χ1n) is 10.9. The summed E-state index contributed by atoms with van der Waals surface area (Å²) in [4.78, 5) is 19.7. The molecule has 0 N–H and O–H groups in total. The van der Waals surface area contributed by atoms with Crippen LogP contribution >= 0.6 is 0 Å². The number of esters is 1. The van der Waals surface area contributed by atoms with Crippen molar-refractivity contribution in [2.45, 2.75) is 60.8 Å². The lowest BCUT2D eigenvalue weighted by atomic mass is 9.72. The van der Waals surface area contributed by atoms with Crippen LogP contribution in [0.5, 0.6) is 0 Å². The summed E-state index contributed by atoms with van der Waals surface area (Å²) >= 11 is 0. The number of carbonyl (C=O) groups is 1. The maximum Gasteiger partial charge on any atom is 0.309 e. The zero-order chi connectivity index (χ0) is 22.0. The molecule has 0 saturated carbocycles. The van der Waals surface area contributed by atoms with Gasteiger partial charge in [0.25, 0.3) is 0 Å². The smallest absolute Gasteiger partial charge is 0.309 e. The molecule has 168 valence electrons. The van der Waals surface area contributed by atoms with Gasteiger partial charge in [-0.05, 0) is 84.5 Å². The maximum atomic E-state index is 12.8. The van der Waals surface area contributed by atoms with Crippen LogP contribution in [-0.2, 0) is 9.53 Å². The predicted molar refractivity (Wildman–Crippen MR) is 121 cm³/mol. The van der Waals surface area contributed by atoms with Gasteiger partial charge in [0, 0.05) is 6.54 Å². The lowest BCUT2D eigenvalue weighted by molar-refractivity contribution is -0.154. The van der Waals surface area contributed by atoms with E-state index < -0.39 is 0 Å². The molecule has 0 aromatic rings. The highest BCUT2D eigenvalue weighted by Gasteiger charge is 2.35. The molecule has 1 atom stereocenters. The van der Waals surface area contributed by atoms with Crippen LogP contribution in [0, 0.1) is 16.7 Å². The van der Waals surface area contributed by atoms with E-state index in [1.165, 1.54) is 0 Å². The molecule has 0 spiro atoms. The predicted octanol–water partition coefficient (Wildman–Crippen LogP) is 3.83. The van der Waals surface area contributed by atoms with Crippen LogP contribution in [0.4, 0.5) is 0 Å². The van der Waals surface area contributed by atoms with Crippen molar-refractivity contribution >= 4 is 5.97 Å². The molecule has 0 heterocycles. The Morgan fingerprint density at radius 1 is 0.786 bits per heavy atom. The molecular weight excluding hydrogens is 350 g/mol. The second kappa shape index (κ2) is 12.8. The van der Waals surface area contributed by atoms with E-state index in [2.05, 4.69) is 84.4 Å². The highest BCUT2D eigenvalue weighted by molar-refractivity contribution is 5.73. The van der Waals surface area contributed by atoms with Crippen molar-refractivity contribution in [2.24, 2.45) is 16.7 Å². The Hall–Kier alpha value is -0.650. The summed E-state index contributed by atoms with van der Waals surface area (Å²) in [5, 5.41) is 0. The quantitative estimate of drug-likeness (QED) is 0.440. The summed E-state index contributed by atoms with van der Waals surface area (Å²) in [6.45, 7) is 18.6. The van der Waals surface area contributed by atoms with Gasteiger partial charge in [-0.25, -0.2) is 0 Å². The molecule has 0 fully saturated rings. The van der Waals surface area contributed by atoms with E-state index in [1.807, 2.05) is 0 Å². The molecule has 0 bridgehead atoms. The minimum Gasteiger partial charge on any atom is -0.464 e. The van der Waals surface area contributed by atoms with Gasteiger partial charge in [-0.3, -0.25) is 9.69 Å². The summed E-state index contributed by atoms with van der Waals surface area (Å²) in [6, 6.07) is 0. The Kier molecular flexibility index (Phi) is 12.5. The van der Waals surface area contributed by atoms with Crippen LogP contribution in [-0.4, -0.2) is 88.2 Å². The minimum absolute atomic E-state index is 0.0380. The first-order chi connectivity index (χ1) is 12.7. The summed E-state index contributed by atoms with van der Waals surface area (Å²) in [5.41, 5.74) is 0.0306. The Morgan fingerprint density at radius 2 is 1.25 bits per heavy atom. The van der Waals surface area contributed by atoms with E-state index in [0.29, 0.717) is 6.61 Å². The van der Waals surface area contributed by atoms with Crippen molar-refractivity contribution in [1.29, 1.82) is 0 Å². The fourth-order valence-corrected chi connectivity index (χ4v) is 3.29. The Bertz CT molecular complexity index is 409. The zero-order valence-electron chi connectivity index (χ0n) is 20.6. The highest BCUT2D eigenvalue weighted by Crippen LogP contribution is 2.36. The van der Waals surface area contributed by atoms with E-state index in [-0.39, 0.29) is 22.7 Å². The van der Waals surface area contributed by atoms with Crippen LogP contribution in [0.15, 0.2) is 0 Å². The third kappa shape index (κ3) is 14.4. The van der Waals surface area contributed by atoms with Gasteiger partial charge in [0.05, 0.1) is 5.92 Å². The maximum absolute atomic E-state index is 12.8. The first kappa shape index (κ1) is 27.4. The summed E-state index contributed by atoms with van der Waals surface area (Å²) in [7, 11) is 8.44. The molecule has 0 aliphatic rings. The molecule has 0 aromatic carbocycles. The van der Waals surface area contributed by atoms with Gasteiger partial charge >= 0.3 is 5.97 Å². The second-order valence-electron chi connectivity index (χ2n) is 11.0. The van der Waals surface area contributed by atoms with Crippen molar-refractivity contribution in [2.75, 3.05) is 67.5 Å². The number of nitrogens with zero attached hydrogens (tertiary/aromatic N) is 3. The molecule has 1 unspecified atom stereocenters. The largest absolute Gasteiger partial charge is 0.464 e. The van der Waals surface area contributed by atoms with Crippen molar-refractivity contribution < 1.29 is 9.53 Å². The molecule has 0 saturated heterocycles. The molecular formula is C23H49N3O2. The number of rotatable bonds is 13. The second-order valence-corrected chi connectivity index (χ2v) is 11.0. The Balaban J connectivity index is 4.64. The van der Waals surface area contributed by atoms with E-state index in [1.54, 1.807) is 0 Å². The first-order valence-corrected chi connectivity index (χ1v) is 10.9. The average molecular weight is 400 g/mol. The van der Waals surface area contributed by atoms with Crippen molar-refractivity contribution in [3.8, 4) is 0 Å². The molecule has 28 heavy (non-hydrogen) atoms. The van der Waals surface area contributed by atoms with Crippen molar-refractivity contribution in [1.82, 2.24) is 14.7 Å². The summed E-state index contributed by atoms with van der Waals surface area (Å²) in [5.74, 6) is -0.104. The number of ether oxygens (including phenoxy) is 1. The average Bonchev–Trinajstić information content (AvgIpc) is 2.49. The van der Waals surface area contributed by atoms with Gasteiger partial charge in [0.15, 0.2) is 0 Å². The van der Waals surface area contributed by atoms with Crippen LogP contribution in [0.2, 0.25) is 0 Å². The Morgan fingerprint density at radius 3 is 1.61 bits per heavy atom. The minimum atomic E-state index is -0.0819. The molecule has 0 radical (unpaired) electrons. The highest BCUT2D eigenvalue weighted by atomic mass is 16.5. The SMILES string of the molecule is CN(C)CCCN(CCCN(C)C)CCOC(=O)C(CC(C)(C)C)C(C)(C)C. The topological polar surface area (TPSA) is 36.0 Å². The van der Waals surface area contributed by atoms with Crippen molar-refractivity contribution in [3.63, 3.8) is 0 Å². The van der Waals surface area contributed by atoms with Crippen LogP contribution in [0.25, 0.3) is 0 Å². The third-order valence-electron chi connectivity index (χ3n) is 4.96. The zero-order valence-corrected chi connectivity index (χ0v) is 20.6. The monoisotopic (exact) mass is 399 g/mol. The lowest BCUT2D eigenvalue weighted by Gasteiger charge is -2.34. The summed E-state index contributed by atoms with van der Waals surface area (Å²) < 4.78 is 5.76. The third-order valence-corrected chi connectivity index (χ3v) is 4.96. The van der Waals surface area contributed by atoms with Gasteiger partial charge in [0.1, 0.15) is 6.61 Å². The fourth-order valence-electron chi connectivity index (χ4n) is 3.29. The molecule has 5 heteroatoms. The number of hydrogen-bond acceptors (Lipinski definition) is 5. The molecule has 0 aliphatic carbocycles. The van der Waals surface area contributed by atoms with E-state index in [0.717, 1.165) is 52.0 Å². The van der Waals surface area contributed by atoms with E-state index in [9.17, 15) is 4.79 Å². The molecule has 0 aliphatic heterocycles. The van der Waals surface area contributed by atoms with Gasteiger partial charge < -0.3 is 14.5 Å². The van der Waals surface area contributed by atoms with E-state index >= 15 is 0 Å². The summed E-state index contributed by atoms with van der Waals surface area (Å²) in [6.07, 6.45) is 3.12. The van der Waals surface area contributed by atoms with E-state index in [4.69, 9.17) is 4.74 Å². The standard InChI is InChI=1S/C23H49N3O2/c1-22(2,3)19-20(23(4,5)6)21(27)28-18-17-26(15-11-13-24(7)8)16-12-14-25(9)10/h20H,11-19H2,1-10H3. The van der Waals surface area contributed by atoms with Crippen LogP contribution < -0.4 is 0 Å². The number of hydrogen-bond donors (Lipinski definition) is 0. The normalized spacial score (nSPS) is 14.2. The molecule has 0 amide bonds.